The number of hydrogen-bond donors (Lipinski definition) is 1. The quantitative estimate of drug-likeness (QED) is 0.787. The van der Waals surface area contributed by atoms with Gasteiger partial charge >= 0.3 is 0 Å². The van der Waals surface area contributed by atoms with E-state index >= 15 is 0 Å². The molecule has 0 amide bonds. The molecule has 1 aliphatic carbocycles. The van der Waals surface area contributed by atoms with Crippen molar-refractivity contribution in [1.82, 2.24) is 10.1 Å². The molecule has 7 heteroatoms. The lowest BCUT2D eigenvalue weighted by atomic mass is 9.99. The molecule has 0 saturated heterocycles. The summed E-state index contributed by atoms with van der Waals surface area (Å²) in [5.41, 5.74) is 6.91. The Bertz CT molecular complexity index is 536. The fourth-order valence-electron chi connectivity index (χ4n) is 2.19. The molecule has 0 aliphatic heterocycles. The zero-order valence-corrected chi connectivity index (χ0v) is 13.3. The van der Waals surface area contributed by atoms with Gasteiger partial charge in [-0.25, -0.2) is 0 Å². The molecule has 98 valence electrons. The van der Waals surface area contributed by atoms with Gasteiger partial charge in [-0.1, -0.05) is 18.0 Å². The van der Waals surface area contributed by atoms with Gasteiger partial charge < -0.3 is 10.3 Å². The standard InChI is InChI=1S/C11H12IN3OS.ClH/c12-8-5-7(6-17-8)9-14-10(15-16-9)11(13)3-1-2-4-11;/h5-6H,1-4,13H2;1H. The molecule has 1 aliphatic rings. The normalized spacial score (nSPS) is 17.7. The fraction of sp³-hybridized carbons (Fsp3) is 0.455. The van der Waals surface area contributed by atoms with Crippen LogP contribution < -0.4 is 5.73 Å². The summed E-state index contributed by atoms with van der Waals surface area (Å²) >= 11 is 3.95. The van der Waals surface area contributed by atoms with E-state index in [1.807, 2.05) is 11.4 Å². The Hall–Kier alpha value is -0.180. The number of halogens is 2. The van der Waals surface area contributed by atoms with Gasteiger partial charge in [0.2, 0.25) is 0 Å². The molecule has 0 spiro atoms. The van der Waals surface area contributed by atoms with E-state index < -0.39 is 0 Å². The highest BCUT2D eigenvalue weighted by atomic mass is 127. The summed E-state index contributed by atoms with van der Waals surface area (Å²) in [6.45, 7) is 0. The predicted octanol–water partition coefficient (Wildman–Crippen LogP) is 3.55. The molecule has 2 aromatic rings. The summed E-state index contributed by atoms with van der Waals surface area (Å²) in [4.78, 5) is 4.45. The largest absolute Gasteiger partial charge is 0.334 e. The van der Waals surface area contributed by atoms with E-state index in [9.17, 15) is 0 Å². The number of hydrogen-bond acceptors (Lipinski definition) is 5. The van der Waals surface area contributed by atoms with Crippen LogP contribution >= 0.6 is 46.3 Å². The second kappa shape index (κ2) is 5.44. The molecular formula is C11H13ClIN3OS. The van der Waals surface area contributed by atoms with Gasteiger partial charge in [-0.15, -0.1) is 23.7 Å². The van der Waals surface area contributed by atoms with Crippen molar-refractivity contribution >= 4 is 46.3 Å². The summed E-state index contributed by atoms with van der Waals surface area (Å²) in [7, 11) is 0. The zero-order chi connectivity index (χ0) is 11.9. The first-order valence-electron chi connectivity index (χ1n) is 5.55. The van der Waals surface area contributed by atoms with Gasteiger partial charge in [-0.05, 0) is 41.5 Å². The van der Waals surface area contributed by atoms with E-state index in [1.54, 1.807) is 11.3 Å². The SMILES string of the molecule is Cl.NC1(c2noc(-c3csc(I)c3)n2)CCCC1. The first kappa shape index (κ1) is 14.2. The molecule has 18 heavy (non-hydrogen) atoms. The predicted molar refractivity (Wildman–Crippen MR) is 81.9 cm³/mol. The lowest BCUT2D eigenvalue weighted by molar-refractivity contribution is 0.372. The van der Waals surface area contributed by atoms with Gasteiger partial charge in [0.1, 0.15) is 0 Å². The number of thiophene rings is 1. The van der Waals surface area contributed by atoms with Crippen molar-refractivity contribution in [1.29, 1.82) is 0 Å². The Kier molecular flexibility index (Phi) is 4.30. The lowest BCUT2D eigenvalue weighted by Crippen LogP contribution is -2.34. The van der Waals surface area contributed by atoms with Crippen molar-refractivity contribution in [3.05, 3.63) is 20.2 Å². The third-order valence-corrected chi connectivity index (χ3v) is 4.97. The molecule has 0 radical (unpaired) electrons. The molecule has 0 atom stereocenters. The molecule has 2 heterocycles. The fourth-order valence-corrected chi connectivity index (χ4v) is 3.52. The van der Waals surface area contributed by atoms with Gasteiger partial charge in [-0.2, -0.15) is 4.98 Å². The average Bonchev–Trinajstić information content (AvgIpc) is 2.96. The zero-order valence-electron chi connectivity index (χ0n) is 9.56. The Morgan fingerprint density at radius 3 is 2.72 bits per heavy atom. The topological polar surface area (TPSA) is 64.9 Å². The number of nitrogens with zero attached hydrogens (tertiary/aromatic N) is 2. The van der Waals surface area contributed by atoms with Crippen LogP contribution in [0.15, 0.2) is 16.0 Å². The summed E-state index contributed by atoms with van der Waals surface area (Å²) in [5.74, 6) is 1.24. The molecule has 2 N–H and O–H groups in total. The van der Waals surface area contributed by atoms with Crippen LogP contribution in [0.5, 0.6) is 0 Å². The molecule has 0 unspecified atom stereocenters. The highest BCUT2D eigenvalue weighted by Gasteiger charge is 2.36. The van der Waals surface area contributed by atoms with E-state index in [0.29, 0.717) is 11.7 Å². The van der Waals surface area contributed by atoms with Crippen molar-refractivity contribution in [2.45, 2.75) is 31.2 Å². The summed E-state index contributed by atoms with van der Waals surface area (Å²) < 4.78 is 6.51. The van der Waals surface area contributed by atoms with Gasteiger partial charge in [0.05, 0.1) is 14.0 Å². The molecular weight excluding hydrogens is 385 g/mol. The Morgan fingerprint density at radius 2 is 2.11 bits per heavy atom. The first-order chi connectivity index (χ1) is 8.17. The average molecular weight is 398 g/mol. The minimum Gasteiger partial charge on any atom is -0.334 e. The van der Waals surface area contributed by atoms with Crippen LogP contribution in [0.3, 0.4) is 0 Å². The van der Waals surface area contributed by atoms with Gasteiger partial charge in [0.25, 0.3) is 5.89 Å². The van der Waals surface area contributed by atoms with E-state index in [0.717, 1.165) is 31.2 Å². The monoisotopic (exact) mass is 397 g/mol. The summed E-state index contributed by atoms with van der Waals surface area (Å²) in [6, 6.07) is 2.04. The Morgan fingerprint density at radius 1 is 1.39 bits per heavy atom. The van der Waals surface area contributed by atoms with Crippen LogP contribution in [-0.4, -0.2) is 10.1 Å². The summed E-state index contributed by atoms with van der Waals surface area (Å²) in [5, 5.41) is 6.07. The van der Waals surface area contributed by atoms with Crippen LogP contribution in [0.2, 0.25) is 0 Å². The molecule has 0 bridgehead atoms. The van der Waals surface area contributed by atoms with Crippen molar-refractivity contribution in [3.8, 4) is 11.5 Å². The lowest BCUT2D eigenvalue weighted by Gasteiger charge is -2.17. The van der Waals surface area contributed by atoms with Gasteiger partial charge in [0, 0.05) is 5.38 Å². The van der Waals surface area contributed by atoms with Crippen molar-refractivity contribution in [2.75, 3.05) is 0 Å². The smallest absolute Gasteiger partial charge is 0.258 e. The van der Waals surface area contributed by atoms with E-state index in [2.05, 4.69) is 32.7 Å². The second-order valence-electron chi connectivity index (χ2n) is 4.43. The summed E-state index contributed by atoms with van der Waals surface area (Å²) in [6.07, 6.45) is 4.20. The van der Waals surface area contributed by atoms with Crippen LogP contribution in [0.4, 0.5) is 0 Å². The maximum atomic E-state index is 6.29. The van der Waals surface area contributed by atoms with E-state index in [4.69, 9.17) is 10.3 Å². The second-order valence-corrected chi connectivity index (χ2v) is 7.23. The van der Waals surface area contributed by atoms with Crippen molar-refractivity contribution in [2.24, 2.45) is 5.73 Å². The maximum Gasteiger partial charge on any atom is 0.258 e. The highest BCUT2D eigenvalue weighted by Crippen LogP contribution is 2.35. The van der Waals surface area contributed by atoms with Gasteiger partial charge in [-0.3, -0.25) is 0 Å². The Balaban J connectivity index is 0.00000120. The van der Waals surface area contributed by atoms with Gasteiger partial charge in [0.15, 0.2) is 5.82 Å². The van der Waals surface area contributed by atoms with Crippen molar-refractivity contribution in [3.63, 3.8) is 0 Å². The Labute approximate surface area is 129 Å². The van der Waals surface area contributed by atoms with Crippen LogP contribution in [0.25, 0.3) is 11.5 Å². The van der Waals surface area contributed by atoms with Crippen LogP contribution in [0, 0.1) is 2.88 Å². The third kappa shape index (κ3) is 2.56. The first-order valence-corrected chi connectivity index (χ1v) is 7.51. The van der Waals surface area contributed by atoms with E-state index in [1.165, 1.54) is 2.88 Å². The minimum atomic E-state index is -0.370. The minimum absolute atomic E-state index is 0. The van der Waals surface area contributed by atoms with E-state index in [-0.39, 0.29) is 17.9 Å². The third-order valence-electron chi connectivity index (χ3n) is 3.18. The molecule has 0 aromatic carbocycles. The maximum absolute atomic E-state index is 6.29. The molecule has 4 nitrogen and oxygen atoms in total. The molecule has 1 fully saturated rings. The highest BCUT2D eigenvalue weighted by molar-refractivity contribution is 14.1. The molecule has 1 saturated carbocycles. The number of aromatic nitrogens is 2. The number of nitrogens with two attached hydrogens (primary N) is 1. The molecule has 3 rings (SSSR count). The van der Waals surface area contributed by atoms with Crippen LogP contribution in [-0.2, 0) is 5.54 Å². The number of rotatable bonds is 2. The molecule has 2 aromatic heterocycles. The van der Waals surface area contributed by atoms with Crippen LogP contribution in [0.1, 0.15) is 31.5 Å². The van der Waals surface area contributed by atoms with Crippen molar-refractivity contribution < 1.29 is 4.52 Å².